The van der Waals surface area contributed by atoms with Crippen LogP contribution in [-0.2, 0) is 0 Å². The van der Waals surface area contributed by atoms with Gasteiger partial charge in [0.05, 0.1) is 11.3 Å². The molecule has 0 aliphatic rings. The molecule has 2 rings (SSSR count). The predicted molar refractivity (Wildman–Crippen MR) is 87.2 cm³/mol. The molecule has 2 N–H and O–H groups in total. The number of aromatic nitrogens is 1. The first-order valence-electron chi connectivity index (χ1n) is 6.88. The van der Waals surface area contributed by atoms with Crippen LogP contribution in [0, 0.1) is 6.92 Å². The van der Waals surface area contributed by atoms with Gasteiger partial charge in [-0.1, -0.05) is 30.7 Å². The zero-order chi connectivity index (χ0) is 15.2. The van der Waals surface area contributed by atoms with Crippen LogP contribution in [-0.4, -0.2) is 17.4 Å². The zero-order valence-corrected chi connectivity index (χ0v) is 12.9. The lowest BCUT2D eigenvalue weighted by atomic mass is 10.1. The van der Waals surface area contributed by atoms with Crippen LogP contribution < -0.4 is 10.6 Å². The highest BCUT2D eigenvalue weighted by molar-refractivity contribution is 6.32. The average Bonchev–Trinajstić information content (AvgIpc) is 2.49. The number of aryl methyl sites for hydroxylation is 1. The predicted octanol–water partition coefficient (Wildman–Crippen LogP) is 4.12. The van der Waals surface area contributed by atoms with Gasteiger partial charge in [0, 0.05) is 18.4 Å². The van der Waals surface area contributed by atoms with E-state index in [0.717, 1.165) is 24.2 Å². The van der Waals surface area contributed by atoms with Crippen molar-refractivity contribution in [3.8, 4) is 0 Å². The van der Waals surface area contributed by atoms with Gasteiger partial charge in [-0.15, -0.1) is 0 Å². The van der Waals surface area contributed by atoms with Crippen LogP contribution in [0.5, 0.6) is 0 Å². The lowest BCUT2D eigenvalue weighted by Gasteiger charge is -2.12. The molecule has 2 aromatic rings. The molecule has 0 radical (unpaired) electrons. The largest absolute Gasteiger partial charge is 0.384 e. The van der Waals surface area contributed by atoms with Crippen molar-refractivity contribution in [2.75, 3.05) is 17.2 Å². The first-order valence-corrected chi connectivity index (χ1v) is 7.26. The van der Waals surface area contributed by atoms with Gasteiger partial charge in [0.2, 0.25) is 0 Å². The summed E-state index contributed by atoms with van der Waals surface area (Å²) >= 11 is 6.01. The molecule has 5 heteroatoms. The highest BCUT2D eigenvalue weighted by Crippen LogP contribution is 2.22. The maximum absolute atomic E-state index is 12.4. The van der Waals surface area contributed by atoms with E-state index in [0.29, 0.717) is 11.3 Å². The van der Waals surface area contributed by atoms with E-state index in [-0.39, 0.29) is 11.1 Å². The Morgan fingerprint density at radius 3 is 2.81 bits per heavy atom. The van der Waals surface area contributed by atoms with Crippen LogP contribution >= 0.6 is 11.6 Å². The summed E-state index contributed by atoms with van der Waals surface area (Å²) in [4.78, 5) is 16.5. The van der Waals surface area contributed by atoms with Crippen LogP contribution in [0.25, 0.3) is 0 Å². The van der Waals surface area contributed by atoms with Gasteiger partial charge in [-0.05, 0) is 37.1 Å². The summed E-state index contributed by atoms with van der Waals surface area (Å²) in [6.45, 7) is 4.79. The third-order valence-electron chi connectivity index (χ3n) is 2.96. The van der Waals surface area contributed by atoms with Gasteiger partial charge >= 0.3 is 0 Å². The Morgan fingerprint density at radius 2 is 2.05 bits per heavy atom. The maximum Gasteiger partial charge on any atom is 0.257 e. The van der Waals surface area contributed by atoms with Gasteiger partial charge in [0.25, 0.3) is 5.91 Å². The highest BCUT2D eigenvalue weighted by Gasteiger charge is 2.13. The molecule has 110 valence electrons. The maximum atomic E-state index is 12.4. The molecule has 0 atom stereocenters. The Bertz CT molecular complexity index is 643. The summed E-state index contributed by atoms with van der Waals surface area (Å²) in [6, 6.07) is 9.21. The quantitative estimate of drug-likeness (QED) is 0.817. The Hall–Kier alpha value is -2.07. The molecule has 0 aliphatic carbocycles. The number of hydrogen-bond donors (Lipinski definition) is 2. The van der Waals surface area contributed by atoms with Crippen molar-refractivity contribution >= 4 is 28.9 Å². The van der Waals surface area contributed by atoms with E-state index in [2.05, 4.69) is 22.5 Å². The summed E-state index contributed by atoms with van der Waals surface area (Å²) in [5.41, 5.74) is 2.86. The molecule has 0 aliphatic heterocycles. The standard InChI is InChI=1S/C16H18ClN3O/c1-3-8-18-13-7-5-4-6-12(13)16(21)20-14-9-11(2)10-19-15(14)17/h4-7,9-10,18H,3,8H2,1-2H3,(H,20,21). The fourth-order valence-electron chi connectivity index (χ4n) is 1.92. The topological polar surface area (TPSA) is 54.0 Å². The first-order chi connectivity index (χ1) is 10.1. The number of nitrogens with zero attached hydrogens (tertiary/aromatic N) is 1. The molecule has 1 heterocycles. The number of para-hydroxylation sites is 1. The first kappa shape index (κ1) is 15.3. The average molecular weight is 304 g/mol. The summed E-state index contributed by atoms with van der Waals surface area (Å²) in [6.07, 6.45) is 2.65. The van der Waals surface area contributed by atoms with E-state index in [1.54, 1.807) is 18.3 Å². The number of carbonyl (C=O) groups excluding carboxylic acids is 1. The Balaban J connectivity index is 2.22. The lowest BCUT2D eigenvalue weighted by Crippen LogP contribution is -2.15. The van der Waals surface area contributed by atoms with Crippen molar-refractivity contribution in [3.05, 3.63) is 52.8 Å². The number of halogens is 1. The van der Waals surface area contributed by atoms with Gasteiger partial charge in [-0.3, -0.25) is 4.79 Å². The van der Waals surface area contributed by atoms with Crippen molar-refractivity contribution in [2.45, 2.75) is 20.3 Å². The second-order valence-electron chi connectivity index (χ2n) is 4.78. The molecule has 0 unspecified atom stereocenters. The van der Waals surface area contributed by atoms with E-state index in [1.165, 1.54) is 0 Å². The third-order valence-corrected chi connectivity index (χ3v) is 3.26. The lowest BCUT2D eigenvalue weighted by molar-refractivity contribution is 0.102. The molecule has 1 amide bonds. The van der Waals surface area contributed by atoms with Crippen molar-refractivity contribution in [1.29, 1.82) is 0 Å². The highest BCUT2D eigenvalue weighted by atomic mass is 35.5. The van der Waals surface area contributed by atoms with Crippen LogP contribution in [0.3, 0.4) is 0 Å². The number of carbonyl (C=O) groups is 1. The number of anilines is 2. The van der Waals surface area contributed by atoms with E-state index in [9.17, 15) is 4.79 Å². The summed E-state index contributed by atoms with van der Waals surface area (Å²) < 4.78 is 0. The minimum Gasteiger partial charge on any atom is -0.384 e. The molecule has 0 spiro atoms. The molecule has 21 heavy (non-hydrogen) atoms. The summed E-state index contributed by atoms with van der Waals surface area (Å²) in [5.74, 6) is -0.205. The van der Waals surface area contributed by atoms with Gasteiger partial charge in [-0.2, -0.15) is 0 Å². The second kappa shape index (κ2) is 7.09. The number of nitrogens with one attached hydrogen (secondary N) is 2. The number of benzene rings is 1. The molecular formula is C16H18ClN3O. The van der Waals surface area contributed by atoms with E-state index < -0.39 is 0 Å². The Morgan fingerprint density at radius 1 is 1.29 bits per heavy atom. The SMILES string of the molecule is CCCNc1ccccc1C(=O)Nc1cc(C)cnc1Cl. The molecule has 0 saturated carbocycles. The van der Waals surface area contributed by atoms with Gasteiger partial charge in [-0.25, -0.2) is 4.98 Å². The Labute approximate surface area is 129 Å². The molecule has 4 nitrogen and oxygen atoms in total. The summed E-state index contributed by atoms with van der Waals surface area (Å²) in [5, 5.41) is 6.34. The van der Waals surface area contributed by atoms with Gasteiger partial charge in [0.15, 0.2) is 5.15 Å². The third kappa shape index (κ3) is 3.95. The fraction of sp³-hybridized carbons (Fsp3) is 0.250. The van der Waals surface area contributed by atoms with Crippen molar-refractivity contribution in [2.24, 2.45) is 0 Å². The molecular weight excluding hydrogens is 286 g/mol. The van der Waals surface area contributed by atoms with Crippen LogP contribution in [0.1, 0.15) is 29.3 Å². The number of hydrogen-bond acceptors (Lipinski definition) is 3. The van der Waals surface area contributed by atoms with E-state index in [4.69, 9.17) is 11.6 Å². The normalized spacial score (nSPS) is 10.2. The molecule has 1 aromatic heterocycles. The minimum atomic E-state index is -0.205. The van der Waals surface area contributed by atoms with Gasteiger partial charge < -0.3 is 10.6 Å². The van der Waals surface area contributed by atoms with Crippen molar-refractivity contribution < 1.29 is 4.79 Å². The zero-order valence-electron chi connectivity index (χ0n) is 12.1. The molecule has 0 saturated heterocycles. The second-order valence-corrected chi connectivity index (χ2v) is 5.14. The minimum absolute atomic E-state index is 0.205. The number of amides is 1. The number of rotatable bonds is 5. The fourth-order valence-corrected chi connectivity index (χ4v) is 2.08. The molecule has 0 bridgehead atoms. The van der Waals surface area contributed by atoms with E-state index >= 15 is 0 Å². The molecule has 1 aromatic carbocycles. The molecule has 0 fully saturated rings. The van der Waals surface area contributed by atoms with Crippen LogP contribution in [0.4, 0.5) is 11.4 Å². The summed E-state index contributed by atoms with van der Waals surface area (Å²) in [7, 11) is 0. The van der Waals surface area contributed by atoms with Crippen LogP contribution in [0.2, 0.25) is 5.15 Å². The van der Waals surface area contributed by atoms with Crippen molar-refractivity contribution in [1.82, 2.24) is 4.98 Å². The Kier molecular flexibility index (Phi) is 5.17. The van der Waals surface area contributed by atoms with Crippen LogP contribution in [0.15, 0.2) is 36.5 Å². The van der Waals surface area contributed by atoms with E-state index in [1.807, 2.05) is 25.1 Å². The number of pyridine rings is 1. The van der Waals surface area contributed by atoms with Crippen molar-refractivity contribution in [3.63, 3.8) is 0 Å². The monoisotopic (exact) mass is 303 g/mol. The van der Waals surface area contributed by atoms with Gasteiger partial charge in [0.1, 0.15) is 0 Å². The smallest absolute Gasteiger partial charge is 0.257 e.